The second-order valence-electron chi connectivity index (χ2n) is 8.03. The fourth-order valence-corrected chi connectivity index (χ4v) is 3.76. The SMILES string of the molecule is CC(C)CCNc1cccc(-c2cc(CC(=O)[C@@H]3CCCNC3)ncc2Cl)c1. The van der Waals surface area contributed by atoms with E-state index in [1.165, 1.54) is 0 Å². The van der Waals surface area contributed by atoms with Gasteiger partial charge in [-0.25, -0.2) is 0 Å². The van der Waals surface area contributed by atoms with Gasteiger partial charge in [0.05, 0.1) is 5.02 Å². The first-order valence-electron chi connectivity index (χ1n) is 10.2. The summed E-state index contributed by atoms with van der Waals surface area (Å²) in [5, 5.41) is 7.39. The van der Waals surface area contributed by atoms with E-state index in [9.17, 15) is 4.79 Å². The van der Waals surface area contributed by atoms with Crippen LogP contribution in [0.1, 0.15) is 38.8 Å². The first kappa shape index (κ1) is 20.8. The Bertz CT molecular complexity index is 800. The highest BCUT2D eigenvalue weighted by Crippen LogP contribution is 2.30. The maximum absolute atomic E-state index is 12.6. The normalized spacial score (nSPS) is 16.9. The van der Waals surface area contributed by atoms with Crippen molar-refractivity contribution in [2.45, 2.75) is 39.5 Å². The van der Waals surface area contributed by atoms with Gasteiger partial charge in [0.2, 0.25) is 0 Å². The number of nitrogens with one attached hydrogen (secondary N) is 2. The zero-order chi connectivity index (χ0) is 19.9. The van der Waals surface area contributed by atoms with Crippen LogP contribution in [0.5, 0.6) is 0 Å². The zero-order valence-corrected chi connectivity index (χ0v) is 17.6. The predicted octanol–water partition coefficient (Wildman–Crippen LogP) is 4.97. The molecule has 0 bridgehead atoms. The number of nitrogens with zero attached hydrogens (tertiary/aromatic N) is 1. The Morgan fingerprint density at radius 3 is 2.96 bits per heavy atom. The Kier molecular flexibility index (Phi) is 7.46. The van der Waals surface area contributed by atoms with Gasteiger partial charge in [-0.1, -0.05) is 37.6 Å². The van der Waals surface area contributed by atoms with E-state index < -0.39 is 0 Å². The molecule has 1 fully saturated rings. The van der Waals surface area contributed by atoms with Crippen LogP contribution >= 0.6 is 11.6 Å². The van der Waals surface area contributed by atoms with Gasteiger partial charge in [-0.2, -0.15) is 0 Å². The number of hydrogen-bond acceptors (Lipinski definition) is 4. The van der Waals surface area contributed by atoms with E-state index >= 15 is 0 Å². The van der Waals surface area contributed by atoms with E-state index in [4.69, 9.17) is 11.6 Å². The Labute approximate surface area is 173 Å². The summed E-state index contributed by atoms with van der Waals surface area (Å²) in [5.74, 6) is 1.03. The molecule has 3 rings (SSSR count). The number of rotatable bonds is 8. The minimum Gasteiger partial charge on any atom is -0.385 e. The average Bonchev–Trinajstić information content (AvgIpc) is 2.70. The molecule has 5 heteroatoms. The molecular weight excluding hydrogens is 370 g/mol. The Morgan fingerprint density at radius 1 is 1.36 bits per heavy atom. The van der Waals surface area contributed by atoms with Crippen LogP contribution in [0.15, 0.2) is 36.5 Å². The maximum atomic E-state index is 12.6. The Morgan fingerprint density at radius 2 is 2.21 bits per heavy atom. The van der Waals surface area contributed by atoms with E-state index in [2.05, 4.69) is 41.6 Å². The summed E-state index contributed by atoms with van der Waals surface area (Å²) in [4.78, 5) is 17.0. The fourth-order valence-electron chi connectivity index (χ4n) is 3.55. The lowest BCUT2D eigenvalue weighted by molar-refractivity contribution is -0.122. The van der Waals surface area contributed by atoms with Crippen molar-refractivity contribution in [2.24, 2.45) is 11.8 Å². The van der Waals surface area contributed by atoms with E-state index in [-0.39, 0.29) is 11.7 Å². The molecule has 28 heavy (non-hydrogen) atoms. The number of Topliss-reactive ketones (excluding diaryl/α,β-unsaturated/α-hetero) is 1. The number of hydrogen-bond donors (Lipinski definition) is 2. The molecule has 1 aromatic carbocycles. The molecule has 1 aromatic heterocycles. The standard InChI is InChI=1S/C23H30ClN3O/c1-16(2)8-10-26-19-7-3-5-17(11-19)21-12-20(27-15-22(21)24)13-23(28)18-6-4-9-25-14-18/h3,5,7,11-12,15-16,18,25-26H,4,6,8-10,13-14H2,1-2H3/t18-/m1/s1. The van der Waals surface area contributed by atoms with Crippen LogP contribution in [-0.2, 0) is 11.2 Å². The molecule has 0 saturated carbocycles. The monoisotopic (exact) mass is 399 g/mol. The number of ketones is 1. The summed E-state index contributed by atoms with van der Waals surface area (Å²) < 4.78 is 0. The van der Waals surface area contributed by atoms with Gasteiger partial charge in [0.25, 0.3) is 0 Å². The Balaban J connectivity index is 1.73. The van der Waals surface area contributed by atoms with Gasteiger partial charge < -0.3 is 10.6 Å². The Hall–Kier alpha value is -1.91. The highest BCUT2D eigenvalue weighted by Gasteiger charge is 2.21. The summed E-state index contributed by atoms with van der Waals surface area (Å²) in [6, 6.07) is 10.2. The summed E-state index contributed by atoms with van der Waals surface area (Å²) in [6.07, 6.45) is 5.19. The molecular formula is C23H30ClN3O. The molecule has 150 valence electrons. The number of piperidine rings is 1. The molecule has 1 atom stereocenters. The number of carbonyl (C=O) groups excluding carboxylic acids is 1. The van der Waals surface area contributed by atoms with Crippen LogP contribution in [0.2, 0.25) is 5.02 Å². The van der Waals surface area contributed by atoms with Crippen molar-refractivity contribution in [1.82, 2.24) is 10.3 Å². The maximum Gasteiger partial charge on any atom is 0.143 e. The van der Waals surface area contributed by atoms with Gasteiger partial charge in [0.15, 0.2) is 0 Å². The third-order valence-electron chi connectivity index (χ3n) is 5.24. The molecule has 0 aliphatic carbocycles. The smallest absolute Gasteiger partial charge is 0.143 e. The lowest BCUT2D eigenvalue weighted by atomic mass is 9.92. The quantitative estimate of drug-likeness (QED) is 0.657. The second kappa shape index (κ2) is 10.0. The second-order valence-corrected chi connectivity index (χ2v) is 8.44. The van der Waals surface area contributed by atoms with Crippen molar-refractivity contribution >= 4 is 23.1 Å². The van der Waals surface area contributed by atoms with Gasteiger partial charge >= 0.3 is 0 Å². The number of aromatic nitrogens is 1. The molecule has 1 aliphatic rings. The minimum absolute atomic E-state index is 0.100. The van der Waals surface area contributed by atoms with Crippen LogP contribution in [0, 0.1) is 11.8 Å². The molecule has 4 nitrogen and oxygen atoms in total. The molecule has 0 unspecified atom stereocenters. The third-order valence-corrected chi connectivity index (χ3v) is 5.55. The van der Waals surface area contributed by atoms with Crippen molar-refractivity contribution < 1.29 is 4.79 Å². The van der Waals surface area contributed by atoms with Crippen molar-refractivity contribution in [3.05, 3.63) is 47.2 Å². The average molecular weight is 400 g/mol. The first-order valence-corrected chi connectivity index (χ1v) is 10.6. The molecule has 2 N–H and O–H groups in total. The van der Waals surface area contributed by atoms with Crippen molar-refractivity contribution in [3.8, 4) is 11.1 Å². The van der Waals surface area contributed by atoms with Crippen molar-refractivity contribution in [2.75, 3.05) is 25.0 Å². The van der Waals surface area contributed by atoms with E-state index in [1.807, 2.05) is 18.2 Å². The highest BCUT2D eigenvalue weighted by atomic mass is 35.5. The summed E-state index contributed by atoms with van der Waals surface area (Å²) in [6.45, 7) is 7.18. The number of benzene rings is 1. The number of carbonyl (C=O) groups is 1. The molecule has 0 spiro atoms. The van der Waals surface area contributed by atoms with Gasteiger partial charge in [-0.3, -0.25) is 9.78 Å². The van der Waals surface area contributed by atoms with Crippen LogP contribution in [0.3, 0.4) is 0 Å². The lowest BCUT2D eigenvalue weighted by Gasteiger charge is -2.21. The van der Waals surface area contributed by atoms with Crippen LogP contribution in [0.4, 0.5) is 5.69 Å². The predicted molar refractivity (Wildman–Crippen MR) is 117 cm³/mol. The highest BCUT2D eigenvalue weighted by molar-refractivity contribution is 6.33. The van der Waals surface area contributed by atoms with Gasteiger partial charge in [0, 0.05) is 48.6 Å². The topological polar surface area (TPSA) is 54.0 Å². The van der Waals surface area contributed by atoms with E-state index in [0.717, 1.165) is 61.4 Å². The molecule has 0 amide bonds. The van der Waals surface area contributed by atoms with Gasteiger partial charge in [-0.05, 0) is 55.5 Å². The molecule has 2 aromatic rings. The summed E-state index contributed by atoms with van der Waals surface area (Å²) in [5.41, 5.74) is 3.83. The van der Waals surface area contributed by atoms with Crippen molar-refractivity contribution in [3.63, 3.8) is 0 Å². The summed E-state index contributed by atoms with van der Waals surface area (Å²) in [7, 11) is 0. The lowest BCUT2D eigenvalue weighted by Crippen LogP contribution is -2.35. The number of pyridine rings is 1. The number of halogens is 1. The molecule has 0 radical (unpaired) electrons. The van der Waals surface area contributed by atoms with E-state index in [0.29, 0.717) is 17.4 Å². The van der Waals surface area contributed by atoms with Crippen LogP contribution in [-0.4, -0.2) is 30.4 Å². The largest absolute Gasteiger partial charge is 0.385 e. The zero-order valence-electron chi connectivity index (χ0n) is 16.8. The van der Waals surface area contributed by atoms with Crippen LogP contribution < -0.4 is 10.6 Å². The molecule has 2 heterocycles. The third kappa shape index (κ3) is 5.79. The first-order chi connectivity index (χ1) is 13.5. The molecule has 1 saturated heterocycles. The van der Waals surface area contributed by atoms with Gasteiger partial charge in [-0.15, -0.1) is 0 Å². The number of anilines is 1. The fraction of sp³-hybridized carbons (Fsp3) is 0.478. The van der Waals surface area contributed by atoms with Gasteiger partial charge in [0.1, 0.15) is 5.78 Å². The van der Waals surface area contributed by atoms with E-state index in [1.54, 1.807) is 6.20 Å². The van der Waals surface area contributed by atoms with Crippen LogP contribution in [0.25, 0.3) is 11.1 Å². The molecule has 1 aliphatic heterocycles. The minimum atomic E-state index is 0.100. The van der Waals surface area contributed by atoms with Crippen molar-refractivity contribution in [1.29, 1.82) is 0 Å². The summed E-state index contributed by atoms with van der Waals surface area (Å²) >= 11 is 6.44.